The van der Waals surface area contributed by atoms with Crippen molar-refractivity contribution in [3.05, 3.63) is 130 Å². The Morgan fingerprint density at radius 3 is 2.00 bits per heavy atom. The summed E-state index contributed by atoms with van der Waals surface area (Å²) in [5.74, 6) is -0.921. The molecule has 4 aromatic rings. The highest BCUT2D eigenvalue weighted by atomic mass is 35.5. The maximum atomic E-state index is 14.3. The molecular weight excluding hydrogens is 593 g/mol. The molecular formula is C32H31Cl2N3O4S. The van der Waals surface area contributed by atoms with Crippen molar-refractivity contribution in [1.29, 1.82) is 0 Å². The van der Waals surface area contributed by atoms with Gasteiger partial charge in [-0.3, -0.25) is 13.9 Å². The molecule has 218 valence electrons. The maximum absolute atomic E-state index is 14.3. The number of nitrogens with one attached hydrogen (secondary N) is 1. The fourth-order valence-electron chi connectivity index (χ4n) is 4.52. The van der Waals surface area contributed by atoms with Gasteiger partial charge in [0.2, 0.25) is 11.8 Å². The quantitative estimate of drug-likeness (QED) is 0.211. The van der Waals surface area contributed by atoms with E-state index in [1.807, 2.05) is 30.3 Å². The van der Waals surface area contributed by atoms with Gasteiger partial charge >= 0.3 is 0 Å². The third kappa shape index (κ3) is 7.70. The Morgan fingerprint density at radius 2 is 1.38 bits per heavy atom. The highest BCUT2D eigenvalue weighted by Gasteiger charge is 2.35. The number of amides is 2. The molecule has 7 nitrogen and oxygen atoms in total. The molecule has 42 heavy (non-hydrogen) atoms. The minimum Gasteiger partial charge on any atom is -0.355 e. The first-order valence-electron chi connectivity index (χ1n) is 13.4. The van der Waals surface area contributed by atoms with E-state index in [1.165, 1.54) is 17.0 Å². The van der Waals surface area contributed by atoms with Crippen LogP contribution in [0.25, 0.3) is 0 Å². The molecule has 0 aliphatic carbocycles. The Bertz CT molecular complexity index is 1600. The molecule has 10 heteroatoms. The minimum atomic E-state index is -4.22. The molecule has 0 aromatic heterocycles. The average Bonchev–Trinajstić information content (AvgIpc) is 3.00. The second-order valence-corrected chi connectivity index (χ2v) is 12.2. The van der Waals surface area contributed by atoms with Crippen LogP contribution in [0.5, 0.6) is 0 Å². The largest absolute Gasteiger partial charge is 0.355 e. The third-order valence-corrected chi connectivity index (χ3v) is 8.97. The number of carbonyl (C=O) groups excluding carboxylic acids is 2. The lowest BCUT2D eigenvalue weighted by Gasteiger charge is -2.34. The highest BCUT2D eigenvalue weighted by Crippen LogP contribution is 2.31. The van der Waals surface area contributed by atoms with Gasteiger partial charge in [0.1, 0.15) is 12.6 Å². The van der Waals surface area contributed by atoms with E-state index >= 15 is 0 Å². The predicted octanol–water partition coefficient (Wildman–Crippen LogP) is 5.96. The maximum Gasteiger partial charge on any atom is 0.264 e. The number of rotatable bonds is 12. The molecule has 0 bridgehead atoms. The van der Waals surface area contributed by atoms with Crippen LogP contribution in [0.1, 0.15) is 18.1 Å². The van der Waals surface area contributed by atoms with E-state index < -0.39 is 28.5 Å². The third-order valence-electron chi connectivity index (χ3n) is 6.62. The molecule has 0 aliphatic heterocycles. The van der Waals surface area contributed by atoms with E-state index in [4.69, 9.17) is 23.2 Å². The van der Waals surface area contributed by atoms with Gasteiger partial charge in [0, 0.05) is 24.5 Å². The number of anilines is 1. The van der Waals surface area contributed by atoms with Crippen LogP contribution < -0.4 is 9.62 Å². The number of hydrogen-bond acceptors (Lipinski definition) is 4. The fourth-order valence-corrected chi connectivity index (χ4v) is 6.39. The first-order chi connectivity index (χ1) is 20.2. The second kappa shape index (κ2) is 14.4. The number of carbonyl (C=O) groups is 2. The Kier molecular flexibility index (Phi) is 10.6. The van der Waals surface area contributed by atoms with Gasteiger partial charge in [0.15, 0.2) is 0 Å². The summed E-state index contributed by atoms with van der Waals surface area (Å²) in [6, 6.07) is 29.7. The zero-order valence-electron chi connectivity index (χ0n) is 23.0. The number of hydrogen-bond donors (Lipinski definition) is 1. The molecule has 0 heterocycles. The first-order valence-corrected chi connectivity index (χ1v) is 15.6. The summed E-state index contributed by atoms with van der Waals surface area (Å²) >= 11 is 12.6. The second-order valence-electron chi connectivity index (χ2n) is 9.52. The Morgan fingerprint density at radius 1 is 0.786 bits per heavy atom. The molecule has 4 rings (SSSR count). The standard InChI is InChI=1S/C32H31Cl2N3O4S/c1-2-35-32(39)30(21-24-11-5-3-6-12-24)36(22-25-17-19-26(33)20-18-25)31(38)23-37(29-16-10-9-15-28(29)34)42(40,41)27-13-7-4-8-14-27/h3-20,30H,2,21-23H2,1H3,(H,35,39)/t30-/m1/s1. The van der Waals surface area contributed by atoms with Crippen LogP contribution in [-0.4, -0.2) is 44.3 Å². The van der Waals surface area contributed by atoms with Crippen LogP contribution in [0, 0.1) is 0 Å². The average molecular weight is 625 g/mol. The van der Waals surface area contributed by atoms with Crippen molar-refractivity contribution in [1.82, 2.24) is 10.2 Å². The van der Waals surface area contributed by atoms with E-state index in [-0.39, 0.29) is 34.5 Å². The van der Waals surface area contributed by atoms with Crippen LogP contribution in [0.4, 0.5) is 5.69 Å². The monoisotopic (exact) mass is 623 g/mol. The summed E-state index contributed by atoms with van der Waals surface area (Å²) in [6.45, 7) is 1.63. The molecule has 4 aromatic carbocycles. The van der Waals surface area contributed by atoms with Crippen molar-refractivity contribution in [2.45, 2.75) is 30.8 Å². The molecule has 0 saturated carbocycles. The van der Waals surface area contributed by atoms with Crippen LogP contribution in [0.3, 0.4) is 0 Å². The van der Waals surface area contributed by atoms with Gasteiger partial charge in [-0.25, -0.2) is 8.42 Å². The summed E-state index contributed by atoms with van der Waals surface area (Å²) in [5.41, 5.74) is 1.73. The topological polar surface area (TPSA) is 86.8 Å². The van der Waals surface area contributed by atoms with Crippen molar-refractivity contribution in [2.75, 3.05) is 17.4 Å². The summed E-state index contributed by atoms with van der Waals surface area (Å²) < 4.78 is 28.9. The molecule has 0 fully saturated rings. The van der Waals surface area contributed by atoms with Crippen molar-refractivity contribution in [3.8, 4) is 0 Å². The molecule has 1 N–H and O–H groups in total. The number of halogens is 2. The number of nitrogens with zero attached hydrogens (tertiary/aromatic N) is 2. The van der Waals surface area contributed by atoms with Crippen LogP contribution in [0.2, 0.25) is 10.0 Å². The molecule has 0 radical (unpaired) electrons. The zero-order valence-corrected chi connectivity index (χ0v) is 25.3. The number of benzene rings is 4. The smallest absolute Gasteiger partial charge is 0.264 e. The Labute approximate surface area is 256 Å². The lowest BCUT2D eigenvalue weighted by atomic mass is 10.0. The molecule has 2 amide bonds. The summed E-state index contributed by atoms with van der Waals surface area (Å²) in [4.78, 5) is 29.2. The lowest BCUT2D eigenvalue weighted by molar-refractivity contribution is -0.140. The van der Waals surface area contributed by atoms with Gasteiger partial charge in [-0.2, -0.15) is 0 Å². The van der Waals surface area contributed by atoms with Crippen molar-refractivity contribution in [2.24, 2.45) is 0 Å². The van der Waals surface area contributed by atoms with E-state index in [0.717, 1.165) is 15.4 Å². The molecule has 1 atom stereocenters. The van der Waals surface area contributed by atoms with Crippen LogP contribution in [-0.2, 0) is 32.6 Å². The van der Waals surface area contributed by atoms with Crippen LogP contribution >= 0.6 is 23.2 Å². The lowest BCUT2D eigenvalue weighted by Crippen LogP contribution is -2.53. The number of likely N-dealkylation sites (N-methyl/N-ethyl adjacent to an activating group) is 1. The van der Waals surface area contributed by atoms with E-state index in [2.05, 4.69) is 5.32 Å². The van der Waals surface area contributed by atoms with E-state index in [9.17, 15) is 18.0 Å². The van der Waals surface area contributed by atoms with E-state index in [0.29, 0.717) is 11.6 Å². The van der Waals surface area contributed by atoms with E-state index in [1.54, 1.807) is 73.7 Å². The first kappa shape index (κ1) is 31.1. The van der Waals surface area contributed by atoms with Gasteiger partial charge in [0.05, 0.1) is 15.6 Å². The normalized spacial score (nSPS) is 11.9. The van der Waals surface area contributed by atoms with Gasteiger partial charge in [0.25, 0.3) is 10.0 Å². The van der Waals surface area contributed by atoms with Crippen molar-refractivity contribution in [3.63, 3.8) is 0 Å². The van der Waals surface area contributed by atoms with Crippen molar-refractivity contribution >= 4 is 50.7 Å². The van der Waals surface area contributed by atoms with Gasteiger partial charge in [-0.1, -0.05) is 96.0 Å². The summed E-state index contributed by atoms with van der Waals surface area (Å²) in [7, 11) is -4.22. The highest BCUT2D eigenvalue weighted by molar-refractivity contribution is 7.92. The van der Waals surface area contributed by atoms with Gasteiger partial charge in [-0.15, -0.1) is 0 Å². The molecule has 0 saturated heterocycles. The Hall–Kier alpha value is -3.85. The fraction of sp³-hybridized carbons (Fsp3) is 0.188. The van der Waals surface area contributed by atoms with Gasteiger partial charge < -0.3 is 10.2 Å². The van der Waals surface area contributed by atoms with Crippen LogP contribution in [0.15, 0.2) is 114 Å². The molecule has 0 spiro atoms. The molecule has 0 unspecified atom stereocenters. The SMILES string of the molecule is CCNC(=O)[C@@H](Cc1ccccc1)N(Cc1ccc(Cl)cc1)C(=O)CN(c1ccccc1Cl)S(=O)(=O)c1ccccc1. The number of para-hydroxylation sites is 1. The number of sulfonamides is 1. The minimum absolute atomic E-state index is 0.00605. The summed E-state index contributed by atoms with van der Waals surface area (Å²) in [6.07, 6.45) is 0.226. The zero-order chi connectivity index (χ0) is 30.1. The van der Waals surface area contributed by atoms with Crippen molar-refractivity contribution < 1.29 is 18.0 Å². The van der Waals surface area contributed by atoms with Gasteiger partial charge in [-0.05, 0) is 54.4 Å². The Balaban J connectivity index is 1.79. The molecule has 0 aliphatic rings. The summed E-state index contributed by atoms with van der Waals surface area (Å²) in [5, 5.41) is 3.53. The predicted molar refractivity (Wildman–Crippen MR) is 167 cm³/mol.